The number of alkyl halides is 3. The third-order valence-electron chi connectivity index (χ3n) is 6.79. The Morgan fingerprint density at radius 3 is 2.49 bits per heavy atom. The van der Waals surface area contributed by atoms with Gasteiger partial charge in [0.25, 0.3) is 11.1 Å². The fourth-order valence-corrected chi connectivity index (χ4v) is 5.81. The van der Waals surface area contributed by atoms with Gasteiger partial charge in [-0.1, -0.05) is 54.1 Å². The molecule has 0 radical (unpaired) electrons. The average molecular weight is 657 g/mol. The molecule has 0 spiro atoms. The van der Waals surface area contributed by atoms with Crippen LogP contribution >= 0.6 is 23.4 Å². The second-order valence-corrected chi connectivity index (χ2v) is 12.8. The minimum absolute atomic E-state index is 0.0136. The Balaban J connectivity index is 1.35. The third-order valence-corrected chi connectivity index (χ3v) is 7.94. The lowest BCUT2D eigenvalue weighted by molar-refractivity contribution is -0.138. The van der Waals surface area contributed by atoms with Crippen molar-refractivity contribution in [1.82, 2.24) is 20.0 Å². The summed E-state index contributed by atoms with van der Waals surface area (Å²) in [5.41, 5.74) is 0.320. The molecule has 1 aromatic heterocycles. The summed E-state index contributed by atoms with van der Waals surface area (Å²) < 4.78 is 47.6. The fraction of sp³-hybridized carbons (Fsp3) is 0.250. The molecule has 1 fully saturated rings. The highest BCUT2D eigenvalue weighted by atomic mass is 35.5. The molecule has 8 nitrogen and oxygen atoms in total. The number of fused-ring (bicyclic) bond motifs is 1. The third kappa shape index (κ3) is 7.69. The standard InChI is InChI=1S/C32H28ClF3N4O4S/c1-31(2,3)44-29(42)38-25(20-7-5-4-6-8-20)18-39-28(41)27(45-30(39)43)14-19-9-12-26-22(13-19)16-37-40(26)17-21-10-11-23(33)15-24(21)32(34,35)36/h4-16,25H,17-18H2,1-3H3,(H,38,42)/b27-14-/t25-/m1/s1. The van der Waals surface area contributed by atoms with Crippen LogP contribution in [0.2, 0.25) is 5.02 Å². The summed E-state index contributed by atoms with van der Waals surface area (Å²) in [6.07, 6.45) is -2.17. The van der Waals surface area contributed by atoms with Gasteiger partial charge in [-0.2, -0.15) is 18.3 Å². The van der Waals surface area contributed by atoms with E-state index in [1.54, 1.807) is 69.3 Å². The molecule has 2 heterocycles. The van der Waals surface area contributed by atoms with Gasteiger partial charge in [-0.05, 0) is 79.6 Å². The quantitative estimate of drug-likeness (QED) is 0.202. The van der Waals surface area contributed by atoms with Crippen LogP contribution in [0.15, 0.2) is 77.8 Å². The minimum atomic E-state index is -4.58. The maximum Gasteiger partial charge on any atom is 0.416 e. The van der Waals surface area contributed by atoms with Gasteiger partial charge in [0.05, 0.1) is 41.3 Å². The maximum atomic E-state index is 13.6. The van der Waals surface area contributed by atoms with Gasteiger partial charge in [0.1, 0.15) is 5.60 Å². The predicted molar refractivity (Wildman–Crippen MR) is 167 cm³/mol. The monoisotopic (exact) mass is 656 g/mol. The van der Waals surface area contributed by atoms with Crippen LogP contribution in [-0.2, 0) is 22.3 Å². The molecule has 1 atom stereocenters. The van der Waals surface area contributed by atoms with Gasteiger partial charge in [-0.3, -0.25) is 19.2 Å². The molecule has 0 saturated carbocycles. The number of alkyl carbamates (subject to hydrolysis) is 1. The zero-order valence-electron chi connectivity index (χ0n) is 24.4. The average Bonchev–Trinajstić information content (AvgIpc) is 3.47. The van der Waals surface area contributed by atoms with E-state index in [-0.39, 0.29) is 28.6 Å². The zero-order chi connectivity index (χ0) is 32.5. The van der Waals surface area contributed by atoms with Crippen LogP contribution < -0.4 is 5.32 Å². The van der Waals surface area contributed by atoms with E-state index in [1.165, 1.54) is 23.0 Å². The van der Waals surface area contributed by atoms with E-state index < -0.39 is 40.6 Å². The molecule has 1 saturated heterocycles. The SMILES string of the molecule is CC(C)(C)OC(=O)N[C@H](CN1C(=O)S/C(=C\c2ccc3c(cnn3Cc3ccc(Cl)cc3C(F)(F)F)c2)C1=O)c1ccccc1. The number of carbonyl (C=O) groups is 3. The van der Waals surface area contributed by atoms with Crippen LogP contribution in [0.5, 0.6) is 0 Å². The van der Waals surface area contributed by atoms with E-state index in [1.807, 2.05) is 6.07 Å². The molecule has 1 aliphatic rings. The van der Waals surface area contributed by atoms with Gasteiger partial charge in [0.15, 0.2) is 0 Å². The van der Waals surface area contributed by atoms with Crippen molar-refractivity contribution in [2.75, 3.05) is 6.54 Å². The largest absolute Gasteiger partial charge is 0.444 e. The molecule has 3 aromatic carbocycles. The van der Waals surface area contributed by atoms with E-state index in [4.69, 9.17) is 16.3 Å². The first-order valence-corrected chi connectivity index (χ1v) is 15.0. The number of amides is 3. The molecule has 5 rings (SSSR count). The van der Waals surface area contributed by atoms with Crippen molar-refractivity contribution in [1.29, 1.82) is 0 Å². The number of halogens is 4. The van der Waals surface area contributed by atoms with Crippen LogP contribution in [0.4, 0.5) is 22.8 Å². The van der Waals surface area contributed by atoms with Crippen LogP contribution in [0.3, 0.4) is 0 Å². The Labute approximate surface area is 266 Å². The smallest absolute Gasteiger partial charge is 0.416 e. The van der Waals surface area contributed by atoms with Gasteiger partial charge in [-0.15, -0.1) is 0 Å². The normalized spacial score (nSPS) is 15.6. The van der Waals surface area contributed by atoms with Gasteiger partial charge in [0, 0.05) is 10.4 Å². The summed E-state index contributed by atoms with van der Waals surface area (Å²) in [4.78, 5) is 40.2. The number of nitrogens with zero attached hydrogens (tertiary/aromatic N) is 3. The van der Waals surface area contributed by atoms with Crippen molar-refractivity contribution in [2.45, 2.75) is 45.1 Å². The molecule has 0 unspecified atom stereocenters. The number of ether oxygens (including phenoxy) is 1. The van der Waals surface area contributed by atoms with Crippen molar-refractivity contribution >= 4 is 57.6 Å². The second-order valence-electron chi connectivity index (χ2n) is 11.3. The number of hydrogen-bond donors (Lipinski definition) is 1. The fourth-order valence-electron chi connectivity index (χ4n) is 4.79. The molecular weight excluding hydrogens is 629 g/mol. The molecule has 1 aliphatic heterocycles. The lowest BCUT2D eigenvalue weighted by Crippen LogP contribution is -2.41. The lowest BCUT2D eigenvalue weighted by atomic mass is 10.1. The first-order valence-electron chi connectivity index (χ1n) is 13.8. The number of nitrogens with one attached hydrogen (secondary N) is 1. The second kappa shape index (κ2) is 12.6. The van der Waals surface area contributed by atoms with Crippen molar-refractivity contribution in [3.8, 4) is 0 Å². The Bertz CT molecular complexity index is 1800. The molecule has 1 N–H and O–H groups in total. The van der Waals surface area contributed by atoms with Crippen LogP contribution in [0.25, 0.3) is 17.0 Å². The molecule has 4 aromatic rings. The van der Waals surface area contributed by atoms with Crippen LogP contribution in [0.1, 0.15) is 49.1 Å². The molecule has 234 valence electrons. The Kier molecular flexibility index (Phi) is 8.99. The number of thioether (sulfide) groups is 1. The molecule has 3 amide bonds. The van der Waals surface area contributed by atoms with Gasteiger partial charge in [0.2, 0.25) is 0 Å². The molecule has 45 heavy (non-hydrogen) atoms. The Morgan fingerprint density at radius 1 is 1.07 bits per heavy atom. The molecule has 0 aliphatic carbocycles. The lowest BCUT2D eigenvalue weighted by Gasteiger charge is -2.26. The highest BCUT2D eigenvalue weighted by molar-refractivity contribution is 8.18. The van der Waals surface area contributed by atoms with E-state index in [0.717, 1.165) is 22.7 Å². The highest BCUT2D eigenvalue weighted by Crippen LogP contribution is 2.36. The topological polar surface area (TPSA) is 93.5 Å². The van der Waals surface area contributed by atoms with E-state index >= 15 is 0 Å². The van der Waals surface area contributed by atoms with Gasteiger partial charge >= 0.3 is 12.3 Å². The zero-order valence-corrected chi connectivity index (χ0v) is 26.0. The maximum absolute atomic E-state index is 13.6. The van der Waals surface area contributed by atoms with Gasteiger partial charge in [-0.25, -0.2) is 4.79 Å². The van der Waals surface area contributed by atoms with Crippen molar-refractivity contribution in [3.05, 3.63) is 105 Å². The van der Waals surface area contributed by atoms with Crippen LogP contribution in [-0.4, -0.2) is 44.1 Å². The summed E-state index contributed by atoms with van der Waals surface area (Å²) >= 11 is 6.59. The van der Waals surface area contributed by atoms with E-state index in [9.17, 15) is 27.6 Å². The van der Waals surface area contributed by atoms with E-state index in [0.29, 0.717) is 22.0 Å². The number of carbonyl (C=O) groups excluding carboxylic acids is 3. The summed E-state index contributed by atoms with van der Waals surface area (Å²) in [6, 6.07) is 17.0. The minimum Gasteiger partial charge on any atom is -0.444 e. The number of benzene rings is 3. The van der Waals surface area contributed by atoms with Crippen molar-refractivity contribution < 1.29 is 32.3 Å². The highest BCUT2D eigenvalue weighted by Gasteiger charge is 2.37. The van der Waals surface area contributed by atoms with E-state index in [2.05, 4.69) is 10.4 Å². The Hall–Kier alpha value is -4.29. The molecule has 0 bridgehead atoms. The van der Waals surface area contributed by atoms with Crippen molar-refractivity contribution in [2.24, 2.45) is 0 Å². The van der Waals surface area contributed by atoms with Crippen LogP contribution in [0, 0.1) is 0 Å². The molecular formula is C32H28ClF3N4O4S. The summed E-state index contributed by atoms with van der Waals surface area (Å²) in [6.45, 7) is 4.96. The first-order chi connectivity index (χ1) is 21.2. The number of rotatable bonds is 7. The number of aromatic nitrogens is 2. The number of hydrogen-bond acceptors (Lipinski definition) is 6. The summed E-state index contributed by atoms with van der Waals surface area (Å²) in [7, 11) is 0. The molecule has 13 heteroatoms. The summed E-state index contributed by atoms with van der Waals surface area (Å²) in [5, 5.41) is 7.17. The van der Waals surface area contributed by atoms with Gasteiger partial charge < -0.3 is 10.1 Å². The Morgan fingerprint density at radius 2 is 1.80 bits per heavy atom. The van der Waals surface area contributed by atoms with Crippen molar-refractivity contribution in [3.63, 3.8) is 0 Å². The predicted octanol–water partition coefficient (Wildman–Crippen LogP) is 8.06. The number of imide groups is 1. The summed E-state index contributed by atoms with van der Waals surface area (Å²) in [5.74, 6) is -0.518. The first kappa shape index (κ1) is 32.1.